The lowest BCUT2D eigenvalue weighted by Crippen LogP contribution is -2.38. The number of likely N-dealkylation sites (tertiary alicyclic amines) is 1. The van der Waals surface area contributed by atoms with Gasteiger partial charge in [0.25, 0.3) is 0 Å². The van der Waals surface area contributed by atoms with Gasteiger partial charge >= 0.3 is 0 Å². The number of halogens is 1. The van der Waals surface area contributed by atoms with E-state index in [4.69, 9.17) is 11.6 Å². The van der Waals surface area contributed by atoms with Gasteiger partial charge < -0.3 is 10.2 Å². The summed E-state index contributed by atoms with van der Waals surface area (Å²) in [4.78, 5) is 2.50. The second kappa shape index (κ2) is 7.48. The van der Waals surface area contributed by atoms with Crippen LogP contribution < -0.4 is 5.32 Å². The molecule has 90 valence electrons. The monoisotopic (exact) mass is 232 g/mol. The number of rotatable bonds is 6. The molecule has 15 heavy (non-hydrogen) atoms. The molecule has 2 nitrogen and oxygen atoms in total. The van der Waals surface area contributed by atoms with Crippen molar-refractivity contribution in [3.8, 4) is 0 Å². The fourth-order valence-corrected chi connectivity index (χ4v) is 2.29. The summed E-state index contributed by atoms with van der Waals surface area (Å²) in [5.41, 5.74) is 0. The van der Waals surface area contributed by atoms with Crippen molar-refractivity contribution in [2.24, 2.45) is 0 Å². The molecule has 0 aliphatic carbocycles. The Hall–Kier alpha value is 0.210. The molecular formula is C12H25ClN2. The first-order valence-electron chi connectivity index (χ1n) is 6.29. The summed E-state index contributed by atoms with van der Waals surface area (Å²) in [6.07, 6.45) is 6.47. The Morgan fingerprint density at radius 1 is 1.47 bits per heavy atom. The van der Waals surface area contributed by atoms with Crippen LogP contribution in [0.5, 0.6) is 0 Å². The maximum atomic E-state index is 6.04. The third-order valence-corrected chi connectivity index (χ3v) is 3.85. The number of hydrogen-bond acceptors (Lipinski definition) is 2. The molecule has 0 amide bonds. The predicted molar refractivity (Wildman–Crippen MR) is 67.7 cm³/mol. The van der Waals surface area contributed by atoms with Crippen LogP contribution in [0.15, 0.2) is 0 Å². The predicted octanol–water partition coefficient (Wildman–Crippen LogP) is 2.47. The first-order valence-corrected chi connectivity index (χ1v) is 6.72. The van der Waals surface area contributed by atoms with E-state index in [1.165, 1.54) is 32.2 Å². The molecule has 3 heteroatoms. The minimum absolute atomic E-state index is 0.300. The highest BCUT2D eigenvalue weighted by Crippen LogP contribution is 2.17. The van der Waals surface area contributed by atoms with E-state index in [-0.39, 0.29) is 0 Å². The molecule has 1 saturated heterocycles. The molecule has 0 aromatic carbocycles. The number of nitrogens with one attached hydrogen (secondary N) is 1. The molecule has 1 heterocycles. The van der Waals surface area contributed by atoms with Gasteiger partial charge in [-0.2, -0.15) is 0 Å². The molecule has 1 rings (SSSR count). The SMILES string of the molecule is CCC(Cl)CNCCC1CCCCN1C. The van der Waals surface area contributed by atoms with Crippen molar-refractivity contribution in [1.82, 2.24) is 10.2 Å². The smallest absolute Gasteiger partial charge is 0.0458 e. The zero-order chi connectivity index (χ0) is 11.1. The van der Waals surface area contributed by atoms with Gasteiger partial charge in [-0.1, -0.05) is 13.3 Å². The van der Waals surface area contributed by atoms with E-state index in [2.05, 4.69) is 24.2 Å². The van der Waals surface area contributed by atoms with Crippen LogP contribution in [0.1, 0.15) is 39.0 Å². The molecule has 1 fully saturated rings. The summed E-state index contributed by atoms with van der Waals surface area (Å²) in [6, 6.07) is 0.793. The van der Waals surface area contributed by atoms with Crippen LogP contribution in [-0.4, -0.2) is 43.0 Å². The summed E-state index contributed by atoms with van der Waals surface area (Å²) >= 11 is 6.04. The van der Waals surface area contributed by atoms with E-state index in [1.54, 1.807) is 0 Å². The van der Waals surface area contributed by atoms with Gasteiger partial charge in [0.2, 0.25) is 0 Å². The first-order chi connectivity index (χ1) is 7.24. The normalized spacial score (nSPS) is 25.4. The molecule has 2 atom stereocenters. The Kier molecular flexibility index (Phi) is 6.62. The summed E-state index contributed by atoms with van der Waals surface area (Å²) in [5.74, 6) is 0. The Morgan fingerprint density at radius 3 is 2.93 bits per heavy atom. The van der Waals surface area contributed by atoms with Crippen LogP contribution in [0.4, 0.5) is 0 Å². The van der Waals surface area contributed by atoms with E-state index in [0.717, 1.165) is 25.6 Å². The van der Waals surface area contributed by atoms with Crippen LogP contribution in [0.25, 0.3) is 0 Å². The highest BCUT2D eigenvalue weighted by atomic mass is 35.5. The van der Waals surface area contributed by atoms with Crippen LogP contribution >= 0.6 is 11.6 Å². The minimum atomic E-state index is 0.300. The van der Waals surface area contributed by atoms with Gasteiger partial charge in [0.05, 0.1) is 0 Å². The fourth-order valence-electron chi connectivity index (χ4n) is 2.18. The Labute approximate surface area is 99.4 Å². The molecule has 0 aromatic heterocycles. The van der Waals surface area contributed by atoms with Crippen molar-refractivity contribution in [2.75, 3.05) is 26.7 Å². The van der Waals surface area contributed by atoms with Crippen LogP contribution in [0.2, 0.25) is 0 Å². The van der Waals surface area contributed by atoms with E-state index in [1.807, 2.05) is 0 Å². The molecule has 1 aliphatic rings. The van der Waals surface area contributed by atoms with E-state index >= 15 is 0 Å². The third-order valence-electron chi connectivity index (χ3n) is 3.38. The Morgan fingerprint density at radius 2 is 2.27 bits per heavy atom. The third kappa shape index (κ3) is 5.19. The molecule has 2 unspecified atom stereocenters. The van der Waals surface area contributed by atoms with Crippen molar-refractivity contribution in [3.63, 3.8) is 0 Å². The molecule has 1 N–H and O–H groups in total. The van der Waals surface area contributed by atoms with Gasteiger partial charge in [-0.05, 0) is 45.8 Å². The zero-order valence-electron chi connectivity index (χ0n) is 10.1. The average Bonchev–Trinajstić information content (AvgIpc) is 2.26. The second-order valence-corrected chi connectivity index (χ2v) is 5.25. The number of alkyl halides is 1. The van der Waals surface area contributed by atoms with Crippen molar-refractivity contribution >= 4 is 11.6 Å². The summed E-state index contributed by atoms with van der Waals surface area (Å²) < 4.78 is 0. The lowest BCUT2D eigenvalue weighted by atomic mass is 10.0. The molecule has 0 bridgehead atoms. The highest BCUT2D eigenvalue weighted by Gasteiger charge is 2.17. The van der Waals surface area contributed by atoms with Gasteiger partial charge in [0, 0.05) is 18.0 Å². The van der Waals surface area contributed by atoms with Crippen molar-refractivity contribution in [1.29, 1.82) is 0 Å². The van der Waals surface area contributed by atoms with Crippen LogP contribution in [0, 0.1) is 0 Å². The average molecular weight is 233 g/mol. The Balaban J connectivity index is 2.03. The van der Waals surface area contributed by atoms with E-state index in [9.17, 15) is 0 Å². The fraction of sp³-hybridized carbons (Fsp3) is 1.00. The van der Waals surface area contributed by atoms with Crippen molar-refractivity contribution in [2.45, 2.75) is 50.4 Å². The molecule has 0 radical (unpaired) electrons. The summed E-state index contributed by atoms with van der Waals surface area (Å²) in [7, 11) is 2.25. The molecular weight excluding hydrogens is 208 g/mol. The lowest BCUT2D eigenvalue weighted by molar-refractivity contribution is 0.175. The maximum Gasteiger partial charge on any atom is 0.0458 e. The van der Waals surface area contributed by atoms with Gasteiger partial charge in [0.1, 0.15) is 0 Å². The standard InChI is InChI=1S/C12H25ClN2/c1-3-11(13)10-14-8-7-12-6-4-5-9-15(12)2/h11-12,14H,3-10H2,1-2H3. The van der Waals surface area contributed by atoms with Crippen LogP contribution in [0.3, 0.4) is 0 Å². The molecule has 0 saturated carbocycles. The second-order valence-electron chi connectivity index (χ2n) is 4.63. The van der Waals surface area contributed by atoms with Gasteiger partial charge in [0.15, 0.2) is 0 Å². The summed E-state index contributed by atoms with van der Waals surface area (Å²) in [5, 5.41) is 3.75. The Bertz CT molecular complexity index is 164. The lowest BCUT2D eigenvalue weighted by Gasteiger charge is -2.32. The van der Waals surface area contributed by atoms with E-state index in [0.29, 0.717) is 5.38 Å². The van der Waals surface area contributed by atoms with Crippen molar-refractivity contribution in [3.05, 3.63) is 0 Å². The summed E-state index contributed by atoms with van der Waals surface area (Å²) in [6.45, 7) is 5.47. The minimum Gasteiger partial charge on any atom is -0.315 e. The van der Waals surface area contributed by atoms with Gasteiger partial charge in [-0.15, -0.1) is 11.6 Å². The quantitative estimate of drug-likeness (QED) is 0.559. The first kappa shape index (κ1) is 13.3. The highest BCUT2D eigenvalue weighted by molar-refractivity contribution is 6.20. The zero-order valence-corrected chi connectivity index (χ0v) is 10.9. The molecule has 1 aliphatic heterocycles. The topological polar surface area (TPSA) is 15.3 Å². The van der Waals surface area contributed by atoms with Crippen LogP contribution in [-0.2, 0) is 0 Å². The largest absolute Gasteiger partial charge is 0.315 e. The number of nitrogens with zero attached hydrogens (tertiary/aromatic N) is 1. The maximum absolute atomic E-state index is 6.04. The van der Waals surface area contributed by atoms with E-state index < -0.39 is 0 Å². The number of piperidine rings is 1. The molecule has 0 spiro atoms. The molecule has 0 aromatic rings. The van der Waals surface area contributed by atoms with Gasteiger partial charge in [-0.3, -0.25) is 0 Å². The van der Waals surface area contributed by atoms with Gasteiger partial charge in [-0.25, -0.2) is 0 Å². The number of hydrogen-bond donors (Lipinski definition) is 1. The van der Waals surface area contributed by atoms with Crippen molar-refractivity contribution < 1.29 is 0 Å².